The monoisotopic (exact) mass is 319 g/mol. The maximum Gasteiger partial charge on any atom is 0.229 e. The van der Waals surface area contributed by atoms with E-state index in [0.29, 0.717) is 5.92 Å². The summed E-state index contributed by atoms with van der Waals surface area (Å²) in [5.41, 5.74) is 2.62. The molecule has 2 heterocycles. The van der Waals surface area contributed by atoms with Gasteiger partial charge in [0, 0.05) is 34.6 Å². The molecule has 1 aliphatic heterocycles. The fourth-order valence-electron chi connectivity index (χ4n) is 3.00. The zero-order valence-electron chi connectivity index (χ0n) is 12.9. The lowest BCUT2D eigenvalue weighted by molar-refractivity contribution is 0.798. The van der Waals surface area contributed by atoms with E-state index in [-0.39, 0.29) is 0 Å². The summed E-state index contributed by atoms with van der Waals surface area (Å²) in [6.07, 6.45) is 3.61. The first-order chi connectivity index (χ1) is 11.3. The van der Waals surface area contributed by atoms with Crippen LogP contribution in [0.3, 0.4) is 0 Å². The van der Waals surface area contributed by atoms with Gasteiger partial charge in [-0.05, 0) is 29.8 Å². The molecule has 23 heavy (non-hydrogen) atoms. The number of benzene rings is 2. The molecule has 4 heteroatoms. The predicted molar refractivity (Wildman–Crippen MR) is 94.5 cm³/mol. The highest BCUT2D eigenvalue weighted by Gasteiger charge is 2.30. The third-order valence-corrected chi connectivity index (χ3v) is 5.11. The van der Waals surface area contributed by atoms with Crippen molar-refractivity contribution in [2.24, 2.45) is 0 Å². The smallest absolute Gasteiger partial charge is 0.229 e. The van der Waals surface area contributed by atoms with E-state index >= 15 is 0 Å². The molecule has 0 N–H and O–H groups in total. The third-order valence-electron chi connectivity index (χ3n) is 4.05. The molecule has 0 aliphatic carbocycles. The summed E-state index contributed by atoms with van der Waals surface area (Å²) in [6, 6.07) is 18.9. The molecule has 0 saturated heterocycles. The van der Waals surface area contributed by atoms with Crippen molar-refractivity contribution in [3.63, 3.8) is 0 Å². The van der Waals surface area contributed by atoms with E-state index in [1.807, 2.05) is 12.1 Å². The number of aromatic nitrogens is 2. The molecule has 2 aromatic carbocycles. The fraction of sp³-hybridized carbons (Fsp3) is 0.158. The summed E-state index contributed by atoms with van der Waals surface area (Å²) >= 11 is 1.80. The van der Waals surface area contributed by atoms with Gasteiger partial charge in [0.2, 0.25) is 5.95 Å². The molecule has 3 aromatic rings. The Kier molecular flexibility index (Phi) is 3.75. The molecular weight excluding hydrogens is 302 g/mol. The Labute approximate surface area is 140 Å². The first-order valence-corrected chi connectivity index (χ1v) is 8.55. The fourth-order valence-corrected chi connectivity index (χ4v) is 4.02. The van der Waals surface area contributed by atoms with E-state index in [1.165, 1.54) is 21.0 Å². The van der Waals surface area contributed by atoms with E-state index in [1.54, 1.807) is 24.2 Å². The van der Waals surface area contributed by atoms with E-state index in [0.717, 1.165) is 12.5 Å². The first kappa shape index (κ1) is 14.3. The second-order valence-electron chi connectivity index (χ2n) is 5.67. The molecule has 1 aromatic heterocycles. The van der Waals surface area contributed by atoms with Crippen LogP contribution in [0.2, 0.25) is 0 Å². The molecule has 0 amide bonds. The van der Waals surface area contributed by atoms with Crippen LogP contribution >= 0.6 is 11.8 Å². The highest BCUT2D eigenvalue weighted by Crippen LogP contribution is 2.46. The van der Waals surface area contributed by atoms with Crippen molar-refractivity contribution in [1.29, 1.82) is 0 Å². The largest absolute Gasteiger partial charge is 0.309 e. The molecule has 114 valence electrons. The van der Waals surface area contributed by atoms with Crippen molar-refractivity contribution >= 4 is 23.4 Å². The van der Waals surface area contributed by atoms with Gasteiger partial charge in [-0.2, -0.15) is 0 Å². The summed E-state index contributed by atoms with van der Waals surface area (Å²) in [7, 11) is 0. The molecule has 1 atom stereocenters. The number of fused-ring (bicyclic) bond motifs is 1. The van der Waals surface area contributed by atoms with Gasteiger partial charge >= 0.3 is 0 Å². The number of rotatable bonds is 3. The van der Waals surface area contributed by atoms with Crippen LogP contribution in [0.15, 0.2) is 76.8 Å². The van der Waals surface area contributed by atoms with Gasteiger partial charge < -0.3 is 4.90 Å². The predicted octanol–water partition coefficient (Wildman–Crippen LogP) is 4.88. The Morgan fingerprint density at radius 3 is 2.52 bits per heavy atom. The minimum Gasteiger partial charge on any atom is -0.309 e. The molecule has 1 unspecified atom stereocenters. The summed E-state index contributed by atoms with van der Waals surface area (Å²) in [4.78, 5) is 13.6. The maximum absolute atomic E-state index is 4.45. The highest BCUT2D eigenvalue weighted by atomic mass is 32.2. The van der Waals surface area contributed by atoms with Crippen molar-refractivity contribution < 1.29 is 0 Å². The number of hydrogen-bond acceptors (Lipinski definition) is 4. The zero-order valence-corrected chi connectivity index (χ0v) is 13.7. The molecule has 0 fully saturated rings. The SMILES string of the molecule is CC1CN(c2ncccn2)c2c(Sc3ccccc3)cccc21. The lowest BCUT2D eigenvalue weighted by Crippen LogP contribution is -2.17. The average molecular weight is 319 g/mol. The Balaban J connectivity index is 1.78. The lowest BCUT2D eigenvalue weighted by atomic mass is 10.0. The number of para-hydroxylation sites is 1. The topological polar surface area (TPSA) is 29.0 Å². The van der Waals surface area contributed by atoms with Crippen LogP contribution in [0.5, 0.6) is 0 Å². The Morgan fingerprint density at radius 2 is 1.74 bits per heavy atom. The van der Waals surface area contributed by atoms with Gasteiger partial charge in [-0.1, -0.05) is 49.0 Å². The quantitative estimate of drug-likeness (QED) is 0.688. The van der Waals surface area contributed by atoms with Crippen molar-refractivity contribution in [3.8, 4) is 0 Å². The Hall–Kier alpha value is -2.33. The number of hydrogen-bond donors (Lipinski definition) is 0. The molecule has 0 spiro atoms. The lowest BCUT2D eigenvalue weighted by Gasteiger charge is -2.19. The molecular formula is C19H17N3S. The summed E-state index contributed by atoms with van der Waals surface area (Å²) < 4.78 is 0. The maximum atomic E-state index is 4.45. The van der Waals surface area contributed by atoms with Crippen LogP contribution in [0.25, 0.3) is 0 Å². The van der Waals surface area contributed by atoms with Crippen LogP contribution in [0, 0.1) is 0 Å². The van der Waals surface area contributed by atoms with Gasteiger partial charge in [0.25, 0.3) is 0 Å². The van der Waals surface area contributed by atoms with Crippen LogP contribution < -0.4 is 4.90 Å². The highest BCUT2D eigenvalue weighted by molar-refractivity contribution is 7.99. The zero-order chi connectivity index (χ0) is 15.6. The van der Waals surface area contributed by atoms with Crippen molar-refractivity contribution in [2.75, 3.05) is 11.4 Å². The van der Waals surface area contributed by atoms with Crippen LogP contribution in [-0.4, -0.2) is 16.5 Å². The summed E-state index contributed by atoms with van der Waals surface area (Å²) in [5, 5.41) is 0. The standard InChI is InChI=1S/C19H17N3S/c1-14-13-22(19-20-11-6-12-21-19)18-16(14)9-5-10-17(18)23-15-7-3-2-4-8-15/h2-12,14H,13H2,1H3. The second kappa shape index (κ2) is 6.05. The summed E-state index contributed by atoms with van der Waals surface area (Å²) in [5.74, 6) is 1.25. The Morgan fingerprint density at radius 1 is 0.957 bits per heavy atom. The van der Waals surface area contributed by atoms with E-state index in [2.05, 4.69) is 64.3 Å². The summed E-state index contributed by atoms with van der Waals surface area (Å²) in [6.45, 7) is 3.18. The van der Waals surface area contributed by atoms with Crippen molar-refractivity contribution in [3.05, 3.63) is 72.6 Å². The average Bonchev–Trinajstić information content (AvgIpc) is 2.95. The van der Waals surface area contributed by atoms with Gasteiger partial charge in [-0.3, -0.25) is 0 Å². The minimum absolute atomic E-state index is 0.477. The molecule has 4 rings (SSSR count). The molecule has 0 radical (unpaired) electrons. The van der Waals surface area contributed by atoms with Crippen molar-refractivity contribution in [2.45, 2.75) is 22.6 Å². The number of anilines is 2. The van der Waals surface area contributed by atoms with Gasteiger partial charge in [-0.25, -0.2) is 9.97 Å². The van der Waals surface area contributed by atoms with Gasteiger partial charge in [-0.15, -0.1) is 0 Å². The van der Waals surface area contributed by atoms with E-state index < -0.39 is 0 Å². The van der Waals surface area contributed by atoms with Crippen LogP contribution in [0.4, 0.5) is 11.6 Å². The number of nitrogens with zero attached hydrogens (tertiary/aromatic N) is 3. The molecule has 3 nitrogen and oxygen atoms in total. The third kappa shape index (κ3) is 2.70. The molecule has 0 bridgehead atoms. The van der Waals surface area contributed by atoms with Gasteiger partial charge in [0.05, 0.1) is 5.69 Å². The normalized spacial score (nSPS) is 16.4. The molecule has 1 aliphatic rings. The van der Waals surface area contributed by atoms with Crippen molar-refractivity contribution in [1.82, 2.24) is 9.97 Å². The van der Waals surface area contributed by atoms with E-state index in [4.69, 9.17) is 0 Å². The van der Waals surface area contributed by atoms with E-state index in [9.17, 15) is 0 Å². The first-order valence-electron chi connectivity index (χ1n) is 7.73. The minimum atomic E-state index is 0.477. The molecule has 0 saturated carbocycles. The van der Waals surface area contributed by atoms with Gasteiger partial charge in [0.15, 0.2) is 0 Å². The second-order valence-corrected chi connectivity index (χ2v) is 6.78. The Bertz CT molecular complexity index is 805. The van der Waals surface area contributed by atoms with Gasteiger partial charge in [0.1, 0.15) is 0 Å². The van der Waals surface area contributed by atoms with Crippen LogP contribution in [0.1, 0.15) is 18.4 Å². The van der Waals surface area contributed by atoms with Crippen LogP contribution in [-0.2, 0) is 0 Å².